The predicted molar refractivity (Wildman–Crippen MR) is 43.8 cm³/mol. The number of hydrogen-bond acceptors (Lipinski definition) is 1. The van der Waals surface area contributed by atoms with Crippen LogP contribution in [0.2, 0.25) is 5.02 Å². The Kier molecular flexibility index (Phi) is 2.02. The molecule has 0 spiro atoms. The average molecular weight is 170 g/mol. The van der Waals surface area contributed by atoms with E-state index >= 15 is 0 Å². The van der Waals surface area contributed by atoms with Gasteiger partial charge in [0.25, 0.3) is 0 Å². The number of rotatable bonds is 0. The summed E-state index contributed by atoms with van der Waals surface area (Å²) in [7, 11) is 0. The van der Waals surface area contributed by atoms with Gasteiger partial charge in [-0.05, 0) is 12.1 Å². The SMILES string of the molecule is C#Cc1cc(Cl)cc(F)c1N. The molecule has 0 fully saturated rings. The molecule has 0 aliphatic heterocycles. The summed E-state index contributed by atoms with van der Waals surface area (Å²) in [5.74, 6) is 1.65. The number of nitrogen functional groups attached to an aromatic ring is 1. The summed E-state index contributed by atoms with van der Waals surface area (Å²) >= 11 is 5.51. The molecule has 11 heavy (non-hydrogen) atoms. The fourth-order valence-electron chi connectivity index (χ4n) is 0.704. The molecule has 0 radical (unpaired) electrons. The zero-order chi connectivity index (χ0) is 8.43. The van der Waals surface area contributed by atoms with Crippen molar-refractivity contribution in [1.82, 2.24) is 0 Å². The summed E-state index contributed by atoms with van der Waals surface area (Å²) < 4.78 is 12.7. The van der Waals surface area contributed by atoms with Crippen LogP contribution in [-0.4, -0.2) is 0 Å². The minimum Gasteiger partial charge on any atom is -0.395 e. The Hall–Kier alpha value is -1.20. The molecule has 56 valence electrons. The van der Waals surface area contributed by atoms with E-state index in [1.165, 1.54) is 6.07 Å². The second-order valence-electron chi connectivity index (χ2n) is 1.99. The van der Waals surface area contributed by atoms with Crippen molar-refractivity contribution < 1.29 is 4.39 Å². The van der Waals surface area contributed by atoms with Gasteiger partial charge in [0.1, 0.15) is 5.82 Å². The molecule has 0 amide bonds. The first-order valence-electron chi connectivity index (χ1n) is 2.86. The van der Waals surface area contributed by atoms with Gasteiger partial charge < -0.3 is 5.73 Å². The van der Waals surface area contributed by atoms with Gasteiger partial charge in [-0.15, -0.1) is 6.42 Å². The third kappa shape index (κ3) is 1.44. The van der Waals surface area contributed by atoms with Crippen molar-refractivity contribution >= 4 is 17.3 Å². The summed E-state index contributed by atoms with van der Waals surface area (Å²) in [6.07, 6.45) is 5.03. The number of anilines is 1. The molecule has 0 saturated heterocycles. The lowest BCUT2D eigenvalue weighted by atomic mass is 10.2. The summed E-state index contributed by atoms with van der Waals surface area (Å²) in [5, 5.41) is 0.254. The molecule has 1 aromatic rings. The minimum atomic E-state index is -0.578. The average Bonchev–Trinajstić information content (AvgIpc) is 1.96. The predicted octanol–water partition coefficient (Wildman–Crippen LogP) is 2.04. The van der Waals surface area contributed by atoms with Gasteiger partial charge in [0.2, 0.25) is 0 Å². The maximum Gasteiger partial charge on any atom is 0.148 e. The third-order valence-electron chi connectivity index (χ3n) is 1.25. The topological polar surface area (TPSA) is 26.0 Å². The molecular weight excluding hydrogens is 165 g/mol. The van der Waals surface area contributed by atoms with Gasteiger partial charge >= 0.3 is 0 Å². The van der Waals surface area contributed by atoms with E-state index in [0.29, 0.717) is 0 Å². The van der Waals surface area contributed by atoms with Crippen LogP contribution in [0.25, 0.3) is 0 Å². The number of hydrogen-bond donors (Lipinski definition) is 1. The van der Waals surface area contributed by atoms with Crippen LogP contribution in [0.15, 0.2) is 12.1 Å². The van der Waals surface area contributed by atoms with Gasteiger partial charge in [-0.2, -0.15) is 0 Å². The number of nitrogens with two attached hydrogens (primary N) is 1. The van der Waals surface area contributed by atoms with Crippen LogP contribution < -0.4 is 5.73 Å². The molecular formula is C8H5ClFN. The molecule has 0 unspecified atom stereocenters. The molecule has 3 heteroatoms. The third-order valence-corrected chi connectivity index (χ3v) is 1.47. The maximum atomic E-state index is 12.7. The lowest BCUT2D eigenvalue weighted by Gasteiger charge is -1.99. The molecule has 1 rings (SSSR count). The van der Waals surface area contributed by atoms with Crippen molar-refractivity contribution in [3.8, 4) is 12.3 Å². The molecule has 1 aromatic carbocycles. The van der Waals surface area contributed by atoms with Crippen molar-refractivity contribution in [3.63, 3.8) is 0 Å². The van der Waals surface area contributed by atoms with Crippen LogP contribution >= 0.6 is 11.6 Å². The van der Waals surface area contributed by atoms with Gasteiger partial charge in [0.15, 0.2) is 0 Å². The summed E-state index contributed by atoms with van der Waals surface area (Å²) in [6, 6.07) is 2.57. The quantitative estimate of drug-likeness (QED) is 0.467. The van der Waals surface area contributed by atoms with E-state index in [-0.39, 0.29) is 16.3 Å². The van der Waals surface area contributed by atoms with Gasteiger partial charge in [-0.3, -0.25) is 0 Å². The van der Waals surface area contributed by atoms with Crippen molar-refractivity contribution in [1.29, 1.82) is 0 Å². The molecule has 1 nitrogen and oxygen atoms in total. The van der Waals surface area contributed by atoms with Gasteiger partial charge in [-0.1, -0.05) is 17.5 Å². The van der Waals surface area contributed by atoms with Crippen molar-refractivity contribution in [3.05, 3.63) is 28.5 Å². The largest absolute Gasteiger partial charge is 0.395 e. The fourth-order valence-corrected chi connectivity index (χ4v) is 0.909. The Morgan fingerprint density at radius 2 is 2.18 bits per heavy atom. The van der Waals surface area contributed by atoms with Crippen LogP contribution in [0.5, 0.6) is 0 Å². The van der Waals surface area contributed by atoms with Gasteiger partial charge in [0, 0.05) is 5.02 Å². The molecule has 0 aliphatic carbocycles. The molecule has 0 heterocycles. The fraction of sp³-hybridized carbons (Fsp3) is 0. The first kappa shape index (κ1) is 7.90. The highest BCUT2D eigenvalue weighted by molar-refractivity contribution is 6.30. The Labute approximate surface area is 69.0 Å². The summed E-state index contributed by atoms with van der Waals surface area (Å²) in [5.41, 5.74) is 5.54. The lowest BCUT2D eigenvalue weighted by Crippen LogP contribution is -1.94. The van der Waals surface area contributed by atoms with Crippen molar-refractivity contribution in [2.45, 2.75) is 0 Å². The zero-order valence-electron chi connectivity index (χ0n) is 5.57. The first-order chi connectivity index (χ1) is 5.15. The molecule has 2 N–H and O–H groups in total. The van der Waals surface area contributed by atoms with Gasteiger partial charge in [0.05, 0.1) is 11.3 Å². The monoisotopic (exact) mass is 169 g/mol. The summed E-state index contributed by atoms with van der Waals surface area (Å²) in [4.78, 5) is 0. The number of benzene rings is 1. The van der Waals surface area contributed by atoms with Crippen LogP contribution in [0.4, 0.5) is 10.1 Å². The number of halogens is 2. The highest BCUT2D eigenvalue weighted by Gasteiger charge is 2.03. The Balaban J connectivity index is 3.39. The Morgan fingerprint density at radius 1 is 1.55 bits per heavy atom. The number of terminal acetylenes is 1. The van der Waals surface area contributed by atoms with E-state index in [2.05, 4.69) is 5.92 Å². The van der Waals surface area contributed by atoms with Crippen LogP contribution in [-0.2, 0) is 0 Å². The van der Waals surface area contributed by atoms with E-state index in [9.17, 15) is 4.39 Å². The molecule has 0 saturated carbocycles. The standard InChI is InChI=1S/C8H5ClFN/c1-2-5-3-6(9)4-7(10)8(5)11/h1,3-4H,11H2. The summed E-state index contributed by atoms with van der Waals surface area (Å²) in [6.45, 7) is 0. The van der Waals surface area contributed by atoms with Crippen LogP contribution in [0.3, 0.4) is 0 Å². The van der Waals surface area contributed by atoms with Crippen molar-refractivity contribution in [2.24, 2.45) is 0 Å². The van der Waals surface area contributed by atoms with E-state index in [1.54, 1.807) is 0 Å². The van der Waals surface area contributed by atoms with Crippen molar-refractivity contribution in [2.75, 3.05) is 5.73 Å². The van der Waals surface area contributed by atoms with Crippen LogP contribution in [0, 0.1) is 18.2 Å². The first-order valence-corrected chi connectivity index (χ1v) is 3.24. The minimum absolute atomic E-state index is 0.0306. The normalized spacial score (nSPS) is 9.18. The van der Waals surface area contributed by atoms with Crippen LogP contribution in [0.1, 0.15) is 5.56 Å². The van der Waals surface area contributed by atoms with E-state index in [4.69, 9.17) is 23.8 Å². The second-order valence-corrected chi connectivity index (χ2v) is 2.43. The maximum absolute atomic E-state index is 12.7. The smallest absolute Gasteiger partial charge is 0.148 e. The lowest BCUT2D eigenvalue weighted by molar-refractivity contribution is 0.632. The molecule has 0 atom stereocenters. The zero-order valence-corrected chi connectivity index (χ0v) is 6.32. The van der Waals surface area contributed by atoms with E-state index in [0.717, 1.165) is 6.07 Å². The second kappa shape index (κ2) is 2.81. The van der Waals surface area contributed by atoms with Gasteiger partial charge in [-0.25, -0.2) is 4.39 Å². The van der Waals surface area contributed by atoms with E-state index in [1.807, 2.05) is 0 Å². The Bertz CT molecular complexity index is 328. The van der Waals surface area contributed by atoms with E-state index < -0.39 is 5.82 Å². The molecule has 0 aromatic heterocycles. The highest BCUT2D eigenvalue weighted by atomic mass is 35.5. The molecule has 0 aliphatic rings. The highest BCUT2D eigenvalue weighted by Crippen LogP contribution is 2.20. The molecule has 0 bridgehead atoms. The Morgan fingerprint density at radius 3 is 2.73 bits per heavy atom.